The number of benzene rings is 1. The van der Waals surface area contributed by atoms with Gasteiger partial charge in [-0.2, -0.15) is 0 Å². The topological polar surface area (TPSA) is 32.7 Å². The standard InChI is InChI=1S/C23H23ClN2OS/c1-4-6-8-16(3)26-21(5-2)23(24)19-10-7-9-17(20(19)13-22(26)27)11-12-18-14-25-15-28-18/h4,6-10,15,18H,5,13-14H2,1-3H3/b6-4-,16-8+. The Hall–Kier alpha value is -2.22. The molecule has 5 heteroatoms. The molecule has 0 aliphatic carbocycles. The van der Waals surface area contributed by atoms with Crippen LogP contribution < -0.4 is 0 Å². The van der Waals surface area contributed by atoms with Crippen LogP contribution in [0.3, 0.4) is 0 Å². The van der Waals surface area contributed by atoms with Gasteiger partial charge < -0.3 is 0 Å². The largest absolute Gasteiger partial charge is 0.287 e. The molecule has 1 aromatic rings. The third kappa shape index (κ3) is 4.27. The fourth-order valence-corrected chi connectivity index (χ4v) is 4.32. The summed E-state index contributed by atoms with van der Waals surface area (Å²) in [6.07, 6.45) is 6.74. The summed E-state index contributed by atoms with van der Waals surface area (Å²) in [5.41, 5.74) is 6.20. The highest BCUT2D eigenvalue weighted by Gasteiger charge is 2.28. The van der Waals surface area contributed by atoms with Crippen LogP contribution in [0.25, 0.3) is 5.03 Å². The van der Waals surface area contributed by atoms with Crippen LogP contribution >= 0.6 is 23.4 Å². The summed E-state index contributed by atoms with van der Waals surface area (Å²) in [5, 5.41) is 0.802. The van der Waals surface area contributed by atoms with Gasteiger partial charge in [0.05, 0.1) is 28.8 Å². The molecular weight excluding hydrogens is 388 g/mol. The van der Waals surface area contributed by atoms with E-state index in [-0.39, 0.29) is 17.6 Å². The first-order valence-corrected chi connectivity index (χ1v) is 10.7. The van der Waals surface area contributed by atoms with Crippen molar-refractivity contribution in [1.29, 1.82) is 0 Å². The van der Waals surface area contributed by atoms with E-state index >= 15 is 0 Å². The van der Waals surface area contributed by atoms with Gasteiger partial charge in [-0.15, -0.1) is 0 Å². The van der Waals surface area contributed by atoms with Crippen LogP contribution in [0.2, 0.25) is 0 Å². The molecule has 3 rings (SSSR count). The molecular formula is C23H23ClN2OS. The van der Waals surface area contributed by atoms with Gasteiger partial charge in [-0.3, -0.25) is 14.7 Å². The lowest BCUT2D eigenvalue weighted by Gasteiger charge is -2.25. The lowest BCUT2D eigenvalue weighted by Crippen LogP contribution is -2.29. The van der Waals surface area contributed by atoms with Crippen LogP contribution in [0.5, 0.6) is 0 Å². The molecule has 144 valence electrons. The van der Waals surface area contributed by atoms with E-state index in [1.165, 1.54) is 0 Å². The van der Waals surface area contributed by atoms with E-state index in [4.69, 9.17) is 11.6 Å². The molecule has 28 heavy (non-hydrogen) atoms. The van der Waals surface area contributed by atoms with Crippen molar-refractivity contribution >= 4 is 39.8 Å². The summed E-state index contributed by atoms with van der Waals surface area (Å²) < 4.78 is 0. The zero-order valence-electron chi connectivity index (χ0n) is 16.3. The summed E-state index contributed by atoms with van der Waals surface area (Å²) >= 11 is 8.45. The van der Waals surface area contributed by atoms with Crippen molar-refractivity contribution in [3.05, 3.63) is 64.5 Å². The van der Waals surface area contributed by atoms with Gasteiger partial charge in [-0.25, -0.2) is 0 Å². The summed E-state index contributed by atoms with van der Waals surface area (Å²) in [6, 6.07) is 5.90. The quantitative estimate of drug-likeness (QED) is 0.496. The van der Waals surface area contributed by atoms with Crippen LogP contribution in [0.1, 0.15) is 43.9 Å². The molecule has 1 unspecified atom stereocenters. The van der Waals surface area contributed by atoms with Gasteiger partial charge in [0, 0.05) is 17.0 Å². The van der Waals surface area contributed by atoms with Gasteiger partial charge in [0.1, 0.15) is 0 Å². The van der Waals surface area contributed by atoms with Crippen molar-refractivity contribution < 1.29 is 4.79 Å². The van der Waals surface area contributed by atoms with Crippen LogP contribution in [0, 0.1) is 11.8 Å². The molecule has 0 radical (unpaired) electrons. The Labute approximate surface area is 176 Å². The van der Waals surface area contributed by atoms with E-state index in [2.05, 4.69) is 16.8 Å². The van der Waals surface area contributed by atoms with Gasteiger partial charge in [0.2, 0.25) is 5.91 Å². The Kier molecular flexibility index (Phi) is 6.83. The molecule has 0 N–H and O–H groups in total. The van der Waals surface area contributed by atoms with Crippen molar-refractivity contribution in [3.63, 3.8) is 0 Å². The summed E-state index contributed by atoms with van der Waals surface area (Å²) in [4.78, 5) is 19.2. The molecule has 0 aromatic heterocycles. The van der Waals surface area contributed by atoms with E-state index in [1.54, 1.807) is 16.7 Å². The van der Waals surface area contributed by atoms with Gasteiger partial charge >= 0.3 is 0 Å². The third-order valence-electron chi connectivity index (χ3n) is 4.67. The zero-order valence-corrected chi connectivity index (χ0v) is 17.9. The number of nitrogens with zero attached hydrogens (tertiary/aromatic N) is 2. The van der Waals surface area contributed by atoms with Crippen molar-refractivity contribution in [2.24, 2.45) is 4.99 Å². The number of fused-ring (bicyclic) bond motifs is 1. The smallest absolute Gasteiger partial charge is 0.235 e. The van der Waals surface area contributed by atoms with Crippen molar-refractivity contribution in [3.8, 4) is 11.8 Å². The summed E-state index contributed by atoms with van der Waals surface area (Å²) in [7, 11) is 0. The minimum atomic E-state index is 0.0137. The number of amides is 1. The average Bonchev–Trinajstić information content (AvgIpc) is 3.18. The molecule has 0 fully saturated rings. The van der Waals surface area contributed by atoms with Gasteiger partial charge in [-0.05, 0) is 43.5 Å². The van der Waals surface area contributed by atoms with E-state index in [1.807, 2.05) is 62.7 Å². The number of aliphatic imine (C=N–C) groups is 1. The molecule has 2 aliphatic rings. The van der Waals surface area contributed by atoms with Gasteiger partial charge in [0.25, 0.3) is 0 Å². The lowest BCUT2D eigenvalue weighted by molar-refractivity contribution is -0.126. The highest BCUT2D eigenvalue weighted by Crippen LogP contribution is 2.36. The predicted octanol–water partition coefficient (Wildman–Crippen LogP) is 5.36. The van der Waals surface area contributed by atoms with E-state index < -0.39 is 0 Å². The van der Waals surface area contributed by atoms with E-state index in [0.29, 0.717) is 11.5 Å². The number of thioether (sulfide) groups is 1. The maximum atomic E-state index is 13.2. The van der Waals surface area contributed by atoms with Crippen LogP contribution in [-0.4, -0.2) is 28.1 Å². The SMILES string of the molecule is C/C=C\C=C(/C)N1C(=O)Cc2c(C#CC3CN=CS3)cccc2C(Cl)=C1CC. The number of hydrogen-bond donors (Lipinski definition) is 0. The van der Waals surface area contributed by atoms with Gasteiger partial charge in [0.15, 0.2) is 0 Å². The Morgan fingerprint density at radius 1 is 1.46 bits per heavy atom. The second-order valence-electron chi connectivity index (χ2n) is 6.55. The zero-order chi connectivity index (χ0) is 20.1. The Balaban J connectivity index is 2.07. The van der Waals surface area contributed by atoms with Crippen molar-refractivity contribution in [1.82, 2.24) is 4.90 Å². The number of hydrogen-bond acceptors (Lipinski definition) is 3. The van der Waals surface area contributed by atoms with Crippen molar-refractivity contribution in [2.45, 2.75) is 38.9 Å². The molecule has 3 nitrogen and oxygen atoms in total. The number of rotatable bonds is 3. The fraction of sp³-hybridized carbons (Fsp3) is 0.304. The first-order valence-electron chi connectivity index (χ1n) is 9.35. The maximum Gasteiger partial charge on any atom is 0.235 e. The van der Waals surface area contributed by atoms with E-state index in [9.17, 15) is 4.79 Å². The summed E-state index contributed by atoms with van der Waals surface area (Å²) in [5.74, 6) is 6.55. The Morgan fingerprint density at radius 2 is 2.29 bits per heavy atom. The first-order chi connectivity index (χ1) is 13.6. The number of carbonyl (C=O) groups is 1. The van der Waals surface area contributed by atoms with Crippen LogP contribution in [-0.2, 0) is 11.2 Å². The van der Waals surface area contributed by atoms with Crippen molar-refractivity contribution in [2.75, 3.05) is 6.54 Å². The van der Waals surface area contributed by atoms with Crippen LogP contribution in [0.4, 0.5) is 0 Å². The highest BCUT2D eigenvalue weighted by molar-refractivity contribution is 8.13. The number of halogens is 1. The number of carbonyl (C=O) groups excluding carboxylic acids is 1. The monoisotopic (exact) mass is 410 g/mol. The molecule has 1 aromatic carbocycles. The Morgan fingerprint density at radius 3 is 2.96 bits per heavy atom. The predicted molar refractivity (Wildman–Crippen MR) is 120 cm³/mol. The lowest BCUT2D eigenvalue weighted by atomic mass is 9.98. The molecule has 0 bridgehead atoms. The molecule has 2 aliphatic heterocycles. The normalized spacial score (nSPS) is 19.7. The van der Waals surface area contributed by atoms with Crippen LogP contribution in [0.15, 0.2) is 52.8 Å². The molecule has 0 saturated carbocycles. The number of allylic oxidation sites excluding steroid dienone is 5. The molecule has 0 spiro atoms. The van der Waals surface area contributed by atoms with E-state index in [0.717, 1.165) is 34.6 Å². The average molecular weight is 411 g/mol. The second-order valence-corrected chi connectivity index (χ2v) is 7.98. The second kappa shape index (κ2) is 9.32. The molecule has 2 heterocycles. The molecule has 1 amide bonds. The molecule has 0 saturated heterocycles. The summed E-state index contributed by atoms with van der Waals surface area (Å²) in [6.45, 7) is 6.62. The molecule has 1 atom stereocenters. The third-order valence-corrected chi connectivity index (χ3v) is 5.96. The van der Waals surface area contributed by atoms with Gasteiger partial charge in [-0.1, -0.05) is 66.4 Å². The maximum absolute atomic E-state index is 13.2. The minimum absolute atomic E-state index is 0.0137. The Bertz CT molecular complexity index is 955. The first kappa shape index (κ1) is 20.5. The minimum Gasteiger partial charge on any atom is -0.287 e. The fourth-order valence-electron chi connectivity index (χ4n) is 3.30. The highest BCUT2D eigenvalue weighted by atomic mass is 35.5.